The molecule has 3 aromatic rings. The maximum Gasteiger partial charge on any atom is 0.220 e. The molecule has 1 saturated carbocycles. The second kappa shape index (κ2) is 6.96. The summed E-state index contributed by atoms with van der Waals surface area (Å²) in [5.74, 6) is 0.126. The molecule has 1 aromatic heterocycles. The van der Waals surface area contributed by atoms with Gasteiger partial charge in [0, 0.05) is 24.8 Å². The Morgan fingerprint density at radius 3 is 2.56 bits per heavy atom. The van der Waals surface area contributed by atoms with Gasteiger partial charge in [-0.3, -0.25) is 4.79 Å². The Balaban J connectivity index is 1.33. The van der Waals surface area contributed by atoms with E-state index in [0.29, 0.717) is 12.8 Å². The van der Waals surface area contributed by atoms with Crippen molar-refractivity contribution in [1.82, 2.24) is 10.3 Å². The van der Waals surface area contributed by atoms with Crippen molar-refractivity contribution in [1.29, 1.82) is 0 Å². The number of fused-ring (bicyclic) bond motifs is 1. The summed E-state index contributed by atoms with van der Waals surface area (Å²) >= 11 is 1.68. The lowest BCUT2D eigenvalue weighted by molar-refractivity contribution is -0.121. The van der Waals surface area contributed by atoms with Crippen LogP contribution >= 0.6 is 11.3 Å². The van der Waals surface area contributed by atoms with Gasteiger partial charge in [0.1, 0.15) is 0 Å². The van der Waals surface area contributed by atoms with Gasteiger partial charge in [-0.05, 0) is 30.5 Å². The topological polar surface area (TPSA) is 42.0 Å². The van der Waals surface area contributed by atoms with E-state index in [9.17, 15) is 4.79 Å². The van der Waals surface area contributed by atoms with Gasteiger partial charge >= 0.3 is 0 Å². The first kappa shape index (κ1) is 16.3. The van der Waals surface area contributed by atoms with Crippen molar-refractivity contribution in [3.05, 3.63) is 65.2 Å². The third-order valence-electron chi connectivity index (χ3n) is 5.22. The van der Waals surface area contributed by atoms with E-state index in [1.807, 2.05) is 24.3 Å². The summed E-state index contributed by atoms with van der Waals surface area (Å²) in [6.07, 6.45) is 4.79. The van der Waals surface area contributed by atoms with Crippen LogP contribution in [-0.2, 0) is 16.6 Å². The third-order valence-corrected chi connectivity index (χ3v) is 6.32. The zero-order valence-corrected chi connectivity index (χ0v) is 15.0. The van der Waals surface area contributed by atoms with Gasteiger partial charge in [-0.25, -0.2) is 4.98 Å². The summed E-state index contributed by atoms with van der Waals surface area (Å²) in [6, 6.07) is 18.7. The number of thiazole rings is 1. The lowest BCUT2D eigenvalue weighted by Gasteiger charge is -2.42. The number of amides is 1. The minimum Gasteiger partial charge on any atom is -0.355 e. The van der Waals surface area contributed by atoms with E-state index in [4.69, 9.17) is 0 Å². The van der Waals surface area contributed by atoms with Crippen molar-refractivity contribution >= 4 is 27.5 Å². The molecule has 1 aliphatic carbocycles. The lowest BCUT2D eigenvalue weighted by Crippen LogP contribution is -2.45. The van der Waals surface area contributed by atoms with E-state index in [1.165, 1.54) is 16.7 Å². The van der Waals surface area contributed by atoms with Gasteiger partial charge < -0.3 is 5.32 Å². The van der Waals surface area contributed by atoms with Crippen LogP contribution in [0.15, 0.2) is 54.6 Å². The lowest BCUT2D eigenvalue weighted by atomic mass is 9.64. The van der Waals surface area contributed by atoms with E-state index in [0.717, 1.165) is 29.9 Å². The first-order chi connectivity index (χ1) is 12.3. The molecule has 1 N–H and O–H groups in total. The van der Waals surface area contributed by atoms with Crippen LogP contribution < -0.4 is 5.32 Å². The van der Waals surface area contributed by atoms with E-state index in [-0.39, 0.29) is 11.3 Å². The highest BCUT2D eigenvalue weighted by molar-refractivity contribution is 7.18. The van der Waals surface area contributed by atoms with Gasteiger partial charge in [-0.2, -0.15) is 0 Å². The van der Waals surface area contributed by atoms with Crippen molar-refractivity contribution in [2.45, 2.75) is 37.5 Å². The zero-order chi connectivity index (χ0) is 17.1. The predicted octanol–water partition coefficient (Wildman–Crippen LogP) is 4.47. The average molecular weight is 350 g/mol. The Labute approximate surface area is 152 Å². The first-order valence-electron chi connectivity index (χ1n) is 8.92. The monoisotopic (exact) mass is 350 g/mol. The van der Waals surface area contributed by atoms with Crippen molar-refractivity contribution < 1.29 is 4.79 Å². The first-order valence-corrected chi connectivity index (χ1v) is 9.74. The molecule has 2 aromatic carbocycles. The van der Waals surface area contributed by atoms with Gasteiger partial charge in [0.2, 0.25) is 5.91 Å². The highest BCUT2D eigenvalue weighted by Crippen LogP contribution is 2.43. The molecule has 4 heteroatoms. The maximum absolute atomic E-state index is 12.3. The molecule has 1 amide bonds. The number of nitrogens with one attached hydrogen (secondary N) is 1. The number of benzene rings is 2. The Kier molecular flexibility index (Phi) is 4.53. The average Bonchev–Trinajstić information content (AvgIpc) is 3.03. The maximum atomic E-state index is 12.3. The van der Waals surface area contributed by atoms with E-state index in [2.05, 4.69) is 40.6 Å². The number of hydrogen-bond acceptors (Lipinski definition) is 3. The van der Waals surface area contributed by atoms with Gasteiger partial charge in [-0.15, -0.1) is 11.3 Å². The SMILES string of the molecule is O=C(CCc1nc2ccccc2s1)NCC1(c2ccccc2)CCC1. The van der Waals surface area contributed by atoms with Crippen LogP contribution in [0.3, 0.4) is 0 Å². The molecule has 128 valence electrons. The van der Waals surface area contributed by atoms with Gasteiger partial charge in [0.05, 0.1) is 15.2 Å². The Morgan fingerprint density at radius 2 is 1.84 bits per heavy atom. The highest BCUT2D eigenvalue weighted by Gasteiger charge is 2.38. The molecule has 0 atom stereocenters. The highest BCUT2D eigenvalue weighted by atomic mass is 32.1. The second-order valence-electron chi connectivity index (χ2n) is 6.85. The van der Waals surface area contributed by atoms with Crippen LogP contribution in [0.25, 0.3) is 10.2 Å². The van der Waals surface area contributed by atoms with Crippen LogP contribution in [0.5, 0.6) is 0 Å². The normalized spacial score (nSPS) is 15.7. The van der Waals surface area contributed by atoms with Crippen molar-refractivity contribution in [3.8, 4) is 0 Å². The fraction of sp³-hybridized carbons (Fsp3) is 0.333. The summed E-state index contributed by atoms with van der Waals surface area (Å²) in [7, 11) is 0. The Morgan fingerprint density at radius 1 is 1.08 bits per heavy atom. The molecule has 0 bridgehead atoms. The molecule has 25 heavy (non-hydrogen) atoms. The van der Waals surface area contributed by atoms with Crippen LogP contribution in [-0.4, -0.2) is 17.4 Å². The fourth-order valence-electron chi connectivity index (χ4n) is 3.57. The summed E-state index contributed by atoms with van der Waals surface area (Å²) in [4.78, 5) is 16.9. The van der Waals surface area contributed by atoms with Gasteiger partial charge in [0.25, 0.3) is 0 Å². The van der Waals surface area contributed by atoms with E-state index >= 15 is 0 Å². The number of nitrogens with zero attached hydrogens (tertiary/aromatic N) is 1. The molecular formula is C21H22N2OS. The molecule has 0 radical (unpaired) electrons. The van der Waals surface area contributed by atoms with Crippen molar-refractivity contribution in [2.75, 3.05) is 6.54 Å². The standard InChI is InChI=1S/C21H22N2OS/c24-19(11-12-20-23-17-9-4-5-10-18(17)25-20)22-15-21(13-6-14-21)16-7-2-1-3-8-16/h1-5,7-10H,6,11-15H2,(H,22,24). The third kappa shape index (κ3) is 3.45. The number of rotatable bonds is 6. The summed E-state index contributed by atoms with van der Waals surface area (Å²) < 4.78 is 1.19. The minimum atomic E-state index is 0.126. The number of aryl methyl sites for hydroxylation is 1. The summed E-state index contributed by atoms with van der Waals surface area (Å²) in [5.41, 5.74) is 2.53. The molecule has 1 aliphatic rings. The van der Waals surface area contributed by atoms with E-state index in [1.54, 1.807) is 11.3 Å². The van der Waals surface area contributed by atoms with Crippen LogP contribution in [0, 0.1) is 0 Å². The van der Waals surface area contributed by atoms with Crippen LogP contribution in [0.4, 0.5) is 0 Å². The van der Waals surface area contributed by atoms with Gasteiger partial charge in [0.15, 0.2) is 0 Å². The second-order valence-corrected chi connectivity index (χ2v) is 7.97. The van der Waals surface area contributed by atoms with Crippen LogP contribution in [0.1, 0.15) is 36.3 Å². The molecule has 4 rings (SSSR count). The molecule has 0 spiro atoms. The molecule has 0 saturated heterocycles. The summed E-state index contributed by atoms with van der Waals surface area (Å²) in [5, 5.41) is 4.21. The van der Waals surface area contributed by atoms with Crippen molar-refractivity contribution in [3.63, 3.8) is 0 Å². The number of carbonyl (C=O) groups is 1. The molecule has 3 nitrogen and oxygen atoms in total. The molecule has 1 fully saturated rings. The van der Waals surface area contributed by atoms with Gasteiger partial charge in [-0.1, -0.05) is 48.9 Å². The molecule has 0 aliphatic heterocycles. The Hall–Kier alpha value is -2.20. The smallest absolute Gasteiger partial charge is 0.220 e. The fourth-order valence-corrected chi connectivity index (χ4v) is 4.53. The minimum absolute atomic E-state index is 0.126. The quantitative estimate of drug-likeness (QED) is 0.713. The number of carbonyl (C=O) groups excluding carboxylic acids is 1. The summed E-state index contributed by atoms with van der Waals surface area (Å²) in [6.45, 7) is 0.746. The Bertz CT molecular complexity index is 835. The zero-order valence-electron chi connectivity index (χ0n) is 14.2. The molecule has 1 heterocycles. The van der Waals surface area contributed by atoms with Crippen molar-refractivity contribution in [2.24, 2.45) is 0 Å². The molecule has 0 unspecified atom stereocenters. The number of hydrogen-bond donors (Lipinski definition) is 1. The largest absolute Gasteiger partial charge is 0.355 e. The van der Waals surface area contributed by atoms with E-state index < -0.39 is 0 Å². The van der Waals surface area contributed by atoms with Crippen LogP contribution in [0.2, 0.25) is 0 Å². The predicted molar refractivity (Wildman–Crippen MR) is 103 cm³/mol. The number of aromatic nitrogens is 1. The number of para-hydroxylation sites is 1. The molecular weight excluding hydrogens is 328 g/mol.